The van der Waals surface area contributed by atoms with Gasteiger partial charge in [0, 0.05) is 4.47 Å². The summed E-state index contributed by atoms with van der Waals surface area (Å²) < 4.78 is 1.07. The summed E-state index contributed by atoms with van der Waals surface area (Å²) in [6, 6.07) is 17.1. The summed E-state index contributed by atoms with van der Waals surface area (Å²) in [7, 11) is 0. The lowest BCUT2D eigenvalue weighted by Crippen LogP contribution is -2.39. The maximum atomic E-state index is 11.2. The van der Waals surface area contributed by atoms with Crippen molar-refractivity contribution in [2.45, 2.75) is 25.8 Å². The molecule has 0 aromatic heterocycles. The van der Waals surface area contributed by atoms with Crippen LogP contribution in [0, 0.1) is 12.8 Å². The monoisotopic (exact) mass is 387 g/mol. The van der Waals surface area contributed by atoms with Gasteiger partial charge in [-0.1, -0.05) is 52.3 Å². The number of carboxylic acids is 1. The maximum Gasteiger partial charge on any atom is 0.306 e. The standard InChI is InChI=1S/C20H22BrNO2/c1-14-4-2-3-5-18(14)19(15-6-8-17(21)9-7-15)22-12-10-16(11-13-22)20(23)24/h2-9,16,19H,10-13H2,1H3,(H,23,24). The number of aliphatic carboxylic acids is 1. The average Bonchev–Trinajstić information content (AvgIpc) is 2.59. The van der Waals surface area contributed by atoms with E-state index in [1.54, 1.807) is 0 Å². The fourth-order valence-corrected chi connectivity index (χ4v) is 3.79. The normalized spacial score (nSPS) is 17.6. The molecule has 4 heteroatoms. The lowest BCUT2D eigenvalue weighted by atomic mass is 9.89. The molecule has 0 aliphatic carbocycles. The molecule has 2 aromatic rings. The highest BCUT2D eigenvalue weighted by Gasteiger charge is 2.30. The molecule has 2 aromatic carbocycles. The van der Waals surface area contributed by atoms with Crippen molar-refractivity contribution in [3.05, 3.63) is 69.7 Å². The van der Waals surface area contributed by atoms with Gasteiger partial charge in [-0.25, -0.2) is 0 Å². The van der Waals surface area contributed by atoms with Gasteiger partial charge in [0.25, 0.3) is 0 Å². The molecule has 0 bridgehead atoms. The minimum Gasteiger partial charge on any atom is -0.481 e. The van der Waals surface area contributed by atoms with Crippen LogP contribution >= 0.6 is 15.9 Å². The molecule has 1 fully saturated rings. The maximum absolute atomic E-state index is 11.2. The van der Waals surface area contributed by atoms with E-state index < -0.39 is 5.97 Å². The SMILES string of the molecule is Cc1ccccc1C(c1ccc(Br)cc1)N1CCC(C(=O)O)CC1. The molecule has 1 heterocycles. The van der Waals surface area contributed by atoms with Gasteiger partial charge >= 0.3 is 5.97 Å². The quantitative estimate of drug-likeness (QED) is 0.830. The van der Waals surface area contributed by atoms with Gasteiger partial charge in [-0.3, -0.25) is 9.69 Å². The second-order valence-corrected chi connectivity index (χ2v) is 7.37. The van der Waals surface area contributed by atoms with E-state index in [1.165, 1.54) is 16.7 Å². The number of benzene rings is 2. The van der Waals surface area contributed by atoms with E-state index in [2.05, 4.69) is 76.3 Å². The van der Waals surface area contributed by atoms with E-state index in [0.29, 0.717) is 12.8 Å². The highest BCUT2D eigenvalue weighted by Crippen LogP contribution is 2.34. The molecule has 0 spiro atoms. The fourth-order valence-electron chi connectivity index (χ4n) is 3.53. The van der Waals surface area contributed by atoms with Crippen LogP contribution < -0.4 is 0 Å². The van der Waals surface area contributed by atoms with Crippen LogP contribution in [0.15, 0.2) is 53.0 Å². The molecule has 0 saturated carbocycles. The zero-order chi connectivity index (χ0) is 17.1. The lowest BCUT2D eigenvalue weighted by molar-refractivity contribution is -0.143. The van der Waals surface area contributed by atoms with Crippen molar-refractivity contribution in [3.8, 4) is 0 Å². The number of hydrogen-bond donors (Lipinski definition) is 1. The largest absolute Gasteiger partial charge is 0.481 e. The fraction of sp³-hybridized carbons (Fsp3) is 0.350. The second-order valence-electron chi connectivity index (χ2n) is 6.46. The Labute approximate surface area is 151 Å². The van der Waals surface area contributed by atoms with Crippen LogP contribution in [0.5, 0.6) is 0 Å². The predicted octanol–water partition coefficient (Wildman–Crippen LogP) is 4.64. The summed E-state index contributed by atoms with van der Waals surface area (Å²) >= 11 is 3.51. The number of likely N-dealkylation sites (tertiary alicyclic amines) is 1. The molecule has 1 unspecified atom stereocenters. The molecule has 126 valence electrons. The van der Waals surface area contributed by atoms with Crippen molar-refractivity contribution in [1.29, 1.82) is 0 Å². The second kappa shape index (κ2) is 7.49. The van der Waals surface area contributed by atoms with Gasteiger partial charge in [0.1, 0.15) is 0 Å². The van der Waals surface area contributed by atoms with Gasteiger partial charge in [0.05, 0.1) is 12.0 Å². The molecular formula is C20H22BrNO2. The van der Waals surface area contributed by atoms with Crippen LogP contribution in [0.4, 0.5) is 0 Å². The molecule has 0 radical (unpaired) electrons. The molecule has 3 nitrogen and oxygen atoms in total. The zero-order valence-electron chi connectivity index (χ0n) is 13.8. The predicted molar refractivity (Wildman–Crippen MR) is 99.1 cm³/mol. The Balaban J connectivity index is 1.93. The van der Waals surface area contributed by atoms with Crippen molar-refractivity contribution in [2.75, 3.05) is 13.1 Å². The molecule has 1 saturated heterocycles. The van der Waals surface area contributed by atoms with E-state index in [1.807, 2.05) is 0 Å². The van der Waals surface area contributed by atoms with E-state index in [-0.39, 0.29) is 12.0 Å². The van der Waals surface area contributed by atoms with Crippen LogP contribution in [-0.4, -0.2) is 29.1 Å². The zero-order valence-corrected chi connectivity index (χ0v) is 15.4. The Hall–Kier alpha value is -1.65. The first-order valence-corrected chi connectivity index (χ1v) is 9.13. The van der Waals surface area contributed by atoms with Crippen LogP contribution in [0.3, 0.4) is 0 Å². The van der Waals surface area contributed by atoms with E-state index in [9.17, 15) is 9.90 Å². The van der Waals surface area contributed by atoms with Gasteiger partial charge in [-0.15, -0.1) is 0 Å². The highest BCUT2D eigenvalue weighted by molar-refractivity contribution is 9.10. The first-order valence-electron chi connectivity index (χ1n) is 8.34. The molecule has 0 amide bonds. The molecule has 1 N–H and O–H groups in total. The van der Waals surface area contributed by atoms with Crippen molar-refractivity contribution >= 4 is 21.9 Å². The summed E-state index contributed by atoms with van der Waals surface area (Å²) in [5.41, 5.74) is 3.82. The van der Waals surface area contributed by atoms with Crippen molar-refractivity contribution in [2.24, 2.45) is 5.92 Å². The number of aryl methyl sites for hydroxylation is 1. The van der Waals surface area contributed by atoms with E-state index in [4.69, 9.17) is 0 Å². The van der Waals surface area contributed by atoms with Gasteiger partial charge in [0.15, 0.2) is 0 Å². The van der Waals surface area contributed by atoms with Gasteiger partial charge in [-0.05, 0) is 61.7 Å². The third-order valence-corrected chi connectivity index (χ3v) is 5.44. The molecular weight excluding hydrogens is 366 g/mol. The van der Waals surface area contributed by atoms with Crippen LogP contribution in [0.2, 0.25) is 0 Å². The van der Waals surface area contributed by atoms with Gasteiger partial charge in [0.2, 0.25) is 0 Å². The topological polar surface area (TPSA) is 40.5 Å². The molecule has 1 aliphatic heterocycles. The molecule has 1 atom stereocenters. The van der Waals surface area contributed by atoms with Crippen LogP contribution in [-0.2, 0) is 4.79 Å². The Morgan fingerprint density at radius 1 is 1.12 bits per heavy atom. The van der Waals surface area contributed by atoms with Crippen LogP contribution in [0.1, 0.15) is 35.6 Å². The van der Waals surface area contributed by atoms with Gasteiger partial charge in [-0.2, -0.15) is 0 Å². The summed E-state index contributed by atoms with van der Waals surface area (Å²) in [6.07, 6.45) is 1.43. The Morgan fingerprint density at radius 2 is 1.75 bits per heavy atom. The summed E-state index contributed by atoms with van der Waals surface area (Å²) in [6.45, 7) is 3.77. The first-order chi connectivity index (χ1) is 11.6. The summed E-state index contributed by atoms with van der Waals surface area (Å²) in [5, 5.41) is 9.25. The van der Waals surface area contributed by atoms with Crippen molar-refractivity contribution in [1.82, 2.24) is 4.90 Å². The minimum atomic E-state index is -0.661. The van der Waals surface area contributed by atoms with E-state index >= 15 is 0 Å². The number of nitrogens with zero attached hydrogens (tertiary/aromatic N) is 1. The van der Waals surface area contributed by atoms with E-state index in [0.717, 1.165) is 17.6 Å². The lowest BCUT2D eigenvalue weighted by Gasteiger charge is -2.37. The molecule has 3 rings (SSSR count). The number of carboxylic acid groups (broad SMARTS) is 1. The summed E-state index contributed by atoms with van der Waals surface area (Å²) in [4.78, 5) is 13.7. The number of piperidine rings is 1. The third-order valence-electron chi connectivity index (χ3n) is 4.91. The number of hydrogen-bond acceptors (Lipinski definition) is 2. The smallest absolute Gasteiger partial charge is 0.306 e. The Bertz CT molecular complexity index is 706. The first kappa shape index (κ1) is 17.2. The van der Waals surface area contributed by atoms with Gasteiger partial charge < -0.3 is 5.11 Å². The van der Waals surface area contributed by atoms with Crippen molar-refractivity contribution in [3.63, 3.8) is 0 Å². The average molecular weight is 388 g/mol. The summed E-state index contributed by atoms with van der Waals surface area (Å²) in [5.74, 6) is -0.866. The molecule has 1 aliphatic rings. The molecule has 24 heavy (non-hydrogen) atoms. The third kappa shape index (κ3) is 3.70. The number of rotatable bonds is 4. The number of halogens is 1. The highest BCUT2D eigenvalue weighted by atomic mass is 79.9. The number of carbonyl (C=O) groups is 1. The van der Waals surface area contributed by atoms with Crippen LogP contribution in [0.25, 0.3) is 0 Å². The Kier molecular flexibility index (Phi) is 5.36. The van der Waals surface area contributed by atoms with Crippen molar-refractivity contribution < 1.29 is 9.90 Å². The Morgan fingerprint density at radius 3 is 2.33 bits per heavy atom. The minimum absolute atomic E-state index is 0.175.